The van der Waals surface area contributed by atoms with Gasteiger partial charge in [0.15, 0.2) is 5.78 Å². The van der Waals surface area contributed by atoms with Crippen molar-refractivity contribution in [3.05, 3.63) is 95.2 Å². The van der Waals surface area contributed by atoms with E-state index in [1.54, 1.807) is 13.3 Å². The van der Waals surface area contributed by atoms with Gasteiger partial charge in [-0.25, -0.2) is 0 Å². The summed E-state index contributed by atoms with van der Waals surface area (Å²) in [6.07, 6.45) is 4.73. The number of benzene rings is 3. The number of Topliss-reactive ketones (excluding diaryl/α,β-unsaturated/α-hetero) is 1. The van der Waals surface area contributed by atoms with Gasteiger partial charge in [-0.15, -0.1) is 0 Å². The van der Waals surface area contributed by atoms with E-state index < -0.39 is 0 Å². The van der Waals surface area contributed by atoms with E-state index >= 15 is 0 Å². The molecule has 0 aliphatic heterocycles. The Hall–Kier alpha value is -3.99. The van der Waals surface area contributed by atoms with Crippen molar-refractivity contribution in [3.8, 4) is 16.9 Å². The lowest BCUT2D eigenvalue weighted by molar-refractivity contribution is 0.0951. The molecular formula is C31H32N2O3. The molecule has 3 aromatic carbocycles. The Bertz CT molecular complexity index is 1360. The maximum Gasteiger partial charge on any atom is 0.251 e. The Morgan fingerprint density at radius 2 is 1.72 bits per heavy atom. The highest BCUT2D eigenvalue weighted by Gasteiger charge is 2.18. The molecule has 0 saturated carbocycles. The SMILES string of the molecule is CCCCNC(=O)c1ccc(-c2cc3c(Cc4ccccc4)c(C(=O)CC)cnc3cc2OC)cc1. The number of rotatable bonds is 10. The van der Waals surface area contributed by atoms with Crippen LogP contribution in [0, 0.1) is 0 Å². The molecule has 1 amide bonds. The fraction of sp³-hybridized carbons (Fsp3) is 0.258. The molecule has 0 unspecified atom stereocenters. The van der Waals surface area contributed by atoms with Crippen molar-refractivity contribution in [2.45, 2.75) is 39.5 Å². The van der Waals surface area contributed by atoms with Crippen LogP contribution in [0.25, 0.3) is 22.0 Å². The Morgan fingerprint density at radius 3 is 2.39 bits per heavy atom. The summed E-state index contributed by atoms with van der Waals surface area (Å²) in [4.78, 5) is 29.9. The summed E-state index contributed by atoms with van der Waals surface area (Å²) in [5.41, 5.74) is 5.97. The number of pyridine rings is 1. The van der Waals surface area contributed by atoms with E-state index in [2.05, 4.69) is 35.4 Å². The molecule has 4 rings (SSSR count). The lowest BCUT2D eigenvalue weighted by atomic mass is 9.92. The second-order valence-corrected chi connectivity index (χ2v) is 8.85. The molecule has 0 fully saturated rings. The van der Waals surface area contributed by atoms with Gasteiger partial charge in [0.25, 0.3) is 5.91 Å². The summed E-state index contributed by atoms with van der Waals surface area (Å²) in [6.45, 7) is 4.64. The van der Waals surface area contributed by atoms with Gasteiger partial charge < -0.3 is 10.1 Å². The smallest absolute Gasteiger partial charge is 0.251 e. The fourth-order valence-corrected chi connectivity index (χ4v) is 4.37. The second kappa shape index (κ2) is 11.6. The molecule has 0 aliphatic carbocycles. The highest BCUT2D eigenvalue weighted by molar-refractivity contribution is 6.03. The van der Waals surface area contributed by atoms with Crippen molar-refractivity contribution in [1.29, 1.82) is 0 Å². The molecule has 5 nitrogen and oxygen atoms in total. The summed E-state index contributed by atoms with van der Waals surface area (Å²) >= 11 is 0. The molecule has 0 aliphatic rings. The van der Waals surface area contributed by atoms with E-state index in [1.807, 2.05) is 55.5 Å². The first-order valence-electron chi connectivity index (χ1n) is 12.5. The first kappa shape index (κ1) is 25.1. The highest BCUT2D eigenvalue weighted by atomic mass is 16.5. The Kier molecular flexibility index (Phi) is 8.11. The van der Waals surface area contributed by atoms with E-state index in [-0.39, 0.29) is 11.7 Å². The Balaban J connectivity index is 1.80. The normalized spacial score (nSPS) is 10.9. The van der Waals surface area contributed by atoms with Crippen LogP contribution in [0.2, 0.25) is 0 Å². The van der Waals surface area contributed by atoms with Crippen LogP contribution >= 0.6 is 0 Å². The number of ether oxygens (including phenoxy) is 1. The zero-order chi connectivity index (χ0) is 25.5. The molecule has 0 radical (unpaired) electrons. The number of methoxy groups -OCH3 is 1. The third-order valence-electron chi connectivity index (χ3n) is 6.42. The number of hydrogen-bond donors (Lipinski definition) is 1. The van der Waals surface area contributed by atoms with Gasteiger partial charge in [0.1, 0.15) is 5.75 Å². The van der Waals surface area contributed by atoms with Crippen molar-refractivity contribution in [1.82, 2.24) is 10.3 Å². The van der Waals surface area contributed by atoms with E-state index in [4.69, 9.17) is 4.74 Å². The van der Waals surface area contributed by atoms with Crippen LogP contribution in [0.1, 0.15) is 65.0 Å². The molecule has 36 heavy (non-hydrogen) atoms. The zero-order valence-corrected chi connectivity index (χ0v) is 21.1. The predicted octanol–water partition coefficient (Wildman–Crippen LogP) is 6.62. The van der Waals surface area contributed by atoms with Crippen LogP contribution in [0.3, 0.4) is 0 Å². The molecule has 0 saturated heterocycles. The number of amides is 1. The van der Waals surface area contributed by atoms with Gasteiger partial charge in [0.05, 0.1) is 12.6 Å². The highest BCUT2D eigenvalue weighted by Crippen LogP contribution is 2.36. The minimum atomic E-state index is -0.0717. The van der Waals surface area contributed by atoms with Gasteiger partial charge in [-0.05, 0) is 47.7 Å². The largest absolute Gasteiger partial charge is 0.496 e. The van der Waals surface area contributed by atoms with Gasteiger partial charge in [-0.3, -0.25) is 14.6 Å². The van der Waals surface area contributed by atoms with Crippen LogP contribution in [-0.4, -0.2) is 30.3 Å². The summed E-state index contributed by atoms with van der Waals surface area (Å²) in [7, 11) is 1.64. The zero-order valence-electron chi connectivity index (χ0n) is 21.1. The summed E-state index contributed by atoms with van der Waals surface area (Å²) < 4.78 is 5.72. The number of fused-ring (bicyclic) bond motifs is 1. The van der Waals surface area contributed by atoms with Gasteiger partial charge in [0, 0.05) is 47.3 Å². The van der Waals surface area contributed by atoms with Crippen molar-refractivity contribution >= 4 is 22.6 Å². The fourth-order valence-electron chi connectivity index (χ4n) is 4.37. The van der Waals surface area contributed by atoms with Gasteiger partial charge in [-0.1, -0.05) is 62.7 Å². The summed E-state index contributed by atoms with van der Waals surface area (Å²) in [5, 5.41) is 3.88. The molecule has 0 atom stereocenters. The first-order chi connectivity index (χ1) is 17.5. The Labute approximate surface area is 212 Å². The van der Waals surface area contributed by atoms with Gasteiger partial charge in [-0.2, -0.15) is 0 Å². The third kappa shape index (κ3) is 5.46. The lowest BCUT2D eigenvalue weighted by Crippen LogP contribution is -2.24. The van der Waals surface area contributed by atoms with Gasteiger partial charge in [0.2, 0.25) is 0 Å². The quantitative estimate of drug-likeness (QED) is 0.204. The van der Waals surface area contributed by atoms with Crippen LogP contribution in [0.15, 0.2) is 72.9 Å². The number of ketones is 1. The molecule has 4 aromatic rings. The number of carbonyl (C=O) groups excluding carboxylic acids is 2. The number of nitrogens with zero attached hydrogens (tertiary/aromatic N) is 1. The number of nitrogens with one attached hydrogen (secondary N) is 1. The molecule has 184 valence electrons. The molecule has 1 N–H and O–H groups in total. The van der Waals surface area contributed by atoms with Crippen molar-refractivity contribution in [2.75, 3.05) is 13.7 Å². The number of carbonyl (C=O) groups is 2. The average molecular weight is 481 g/mol. The van der Waals surface area contributed by atoms with Crippen molar-refractivity contribution < 1.29 is 14.3 Å². The minimum Gasteiger partial charge on any atom is -0.496 e. The summed E-state index contributed by atoms with van der Waals surface area (Å²) in [5.74, 6) is 0.694. The topological polar surface area (TPSA) is 68.3 Å². The number of aromatic nitrogens is 1. The van der Waals surface area contributed by atoms with Crippen molar-refractivity contribution in [3.63, 3.8) is 0 Å². The molecule has 1 heterocycles. The molecule has 1 aromatic heterocycles. The standard InChI is InChI=1S/C31H32N2O3/c1-4-6-16-32-31(35)23-14-12-22(13-15-23)24-18-26-25(17-21-10-8-7-9-11-21)27(29(34)5-2)20-33-28(26)19-30(24)36-3/h7-15,18-20H,4-6,16-17H2,1-3H3,(H,32,35). The molecule has 5 heteroatoms. The van der Waals surface area contributed by atoms with E-state index in [0.717, 1.165) is 46.0 Å². The lowest BCUT2D eigenvalue weighted by Gasteiger charge is -2.16. The van der Waals surface area contributed by atoms with E-state index in [1.165, 1.54) is 0 Å². The maximum atomic E-state index is 12.8. The van der Waals surface area contributed by atoms with Crippen molar-refractivity contribution in [2.24, 2.45) is 0 Å². The monoisotopic (exact) mass is 480 g/mol. The summed E-state index contributed by atoms with van der Waals surface area (Å²) in [6, 6.07) is 21.7. The first-order valence-corrected chi connectivity index (χ1v) is 12.5. The molecule has 0 spiro atoms. The van der Waals surface area contributed by atoms with Crippen LogP contribution in [0.5, 0.6) is 5.75 Å². The van der Waals surface area contributed by atoms with Crippen LogP contribution in [-0.2, 0) is 6.42 Å². The predicted molar refractivity (Wildman–Crippen MR) is 145 cm³/mol. The number of hydrogen-bond acceptors (Lipinski definition) is 4. The number of unbranched alkanes of at least 4 members (excludes halogenated alkanes) is 1. The van der Waals surface area contributed by atoms with E-state index in [0.29, 0.717) is 36.3 Å². The Morgan fingerprint density at radius 1 is 0.972 bits per heavy atom. The van der Waals surface area contributed by atoms with Gasteiger partial charge >= 0.3 is 0 Å². The van der Waals surface area contributed by atoms with Crippen LogP contribution in [0.4, 0.5) is 0 Å². The molecule has 0 bridgehead atoms. The minimum absolute atomic E-state index is 0.0717. The maximum absolute atomic E-state index is 12.8. The second-order valence-electron chi connectivity index (χ2n) is 8.85. The molecular weight excluding hydrogens is 448 g/mol. The van der Waals surface area contributed by atoms with Crippen LogP contribution < -0.4 is 10.1 Å². The average Bonchev–Trinajstić information content (AvgIpc) is 2.92. The van der Waals surface area contributed by atoms with E-state index in [9.17, 15) is 9.59 Å². The third-order valence-corrected chi connectivity index (χ3v) is 6.42.